The first-order valence-electron chi connectivity index (χ1n) is 5.05. The van der Waals surface area contributed by atoms with Crippen molar-refractivity contribution in [3.05, 3.63) is 29.8 Å². The van der Waals surface area contributed by atoms with Gasteiger partial charge in [-0.3, -0.25) is 0 Å². The van der Waals surface area contributed by atoms with Crippen molar-refractivity contribution in [1.29, 1.82) is 5.26 Å². The van der Waals surface area contributed by atoms with Gasteiger partial charge in [0.25, 0.3) is 0 Å². The zero-order valence-electron chi connectivity index (χ0n) is 9.06. The van der Waals surface area contributed by atoms with Crippen molar-refractivity contribution in [3.63, 3.8) is 0 Å². The van der Waals surface area contributed by atoms with Crippen molar-refractivity contribution in [2.45, 2.75) is 20.0 Å². The second-order valence-corrected chi connectivity index (χ2v) is 2.97. The third-order valence-electron chi connectivity index (χ3n) is 1.94. The van der Waals surface area contributed by atoms with Crippen molar-refractivity contribution < 1.29 is 9.47 Å². The minimum absolute atomic E-state index is 0.481. The van der Waals surface area contributed by atoms with Crippen LogP contribution in [0.25, 0.3) is 0 Å². The molecule has 0 heterocycles. The zero-order valence-corrected chi connectivity index (χ0v) is 9.06. The largest absolute Gasteiger partial charge is 0.494 e. The Morgan fingerprint density at radius 3 is 2.33 bits per heavy atom. The SMILES string of the molecule is CCOc1ccc(C(C#N)OCC)cc1. The highest BCUT2D eigenvalue weighted by Crippen LogP contribution is 2.20. The van der Waals surface area contributed by atoms with Gasteiger partial charge in [-0.2, -0.15) is 5.26 Å². The fourth-order valence-corrected chi connectivity index (χ4v) is 1.28. The van der Waals surface area contributed by atoms with Gasteiger partial charge in [-0.25, -0.2) is 0 Å². The van der Waals surface area contributed by atoms with Gasteiger partial charge in [-0.05, 0) is 31.5 Å². The van der Waals surface area contributed by atoms with Crippen LogP contribution < -0.4 is 4.74 Å². The molecule has 1 atom stereocenters. The maximum absolute atomic E-state index is 8.88. The second-order valence-electron chi connectivity index (χ2n) is 2.97. The number of nitrogens with zero attached hydrogens (tertiary/aromatic N) is 1. The normalized spacial score (nSPS) is 11.8. The first-order chi connectivity index (χ1) is 7.31. The Morgan fingerprint density at radius 2 is 1.87 bits per heavy atom. The molecule has 1 unspecified atom stereocenters. The van der Waals surface area contributed by atoms with Crippen molar-refractivity contribution in [1.82, 2.24) is 0 Å². The third kappa shape index (κ3) is 3.26. The summed E-state index contributed by atoms with van der Waals surface area (Å²) in [7, 11) is 0. The molecule has 1 aromatic rings. The van der Waals surface area contributed by atoms with Crippen LogP contribution in [0.3, 0.4) is 0 Å². The smallest absolute Gasteiger partial charge is 0.169 e. The predicted molar refractivity (Wildman–Crippen MR) is 57.6 cm³/mol. The molecule has 0 saturated heterocycles. The van der Waals surface area contributed by atoms with E-state index in [0.717, 1.165) is 11.3 Å². The van der Waals surface area contributed by atoms with Crippen LogP contribution >= 0.6 is 0 Å². The first-order valence-corrected chi connectivity index (χ1v) is 5.05. The Morgan fingerprint density at radius 1 is 1.20 bits per heavy atom. The molecule has 0 fully saturated rings. The maximum atomic E-state index is 8.88. The lowest BCUT2D eigenvalue weighted by Crippen LogP contribution is -2.01. The molecule has 0 radical (unpaired) electrons. The minimum atomic E-state index is -0.481. The Labute approximate surface area is 90.2 Å². The standard InChI is InChI=1S/C12H15NO2/c1-3-14-11-7-5-10(6-8-11)12(9-13)15-4-2/h5-8,12H,3-4H2,1-2H3. The second kappa shape index (κ2) is 6.05. The molecular formula is C12H15NO2. The van der Waals surface area contributed by atoms with Crippen molar-refractivity contribution in [3.8, 4) is 11.8 Å². The average molecular weight is 205 g/mol. The summed E-state index contributed by atoms with van der Waals surface area (Å²) in [5, 5.41) is 8.88. The molecule has 1 aromatic carbocycles. The topological polar surface area (TPSA) is 42.2 Å². The highest BCUT2D eigenvalue weighted by Gasteiger charge is 2.09. The van der Waals surface area contributed by atoms with Crippen LogP contribution in [0.2, 0.25) is 0 Å². The van der Waals surface area contributed by atoms with Crippen LogP contribution in [-0.4, -0.2) is 13.2 Å². The van der Waals surface area contributed by atoms with Crippen LogP contribution in [0, 0.1) is 11.3 Å². The summed E-state index contributed by atoms with van der Waals surface area (Å²) in [6, 6.07) is 9.52. The van der Waals surface area contributed by atoms with E-state index in [9.17, 15) is 0 Å². The molecule has 15 heavy (non-hydrogen) atoms. The van der Waals surface area contributed by atoms with E-state index in [1.54, 1.807) is 0 Å². The Balaban J connectivity index is 2.74. The van der Waals surface area contributed by atoms with Crippen molar-refractivity contribution in [2.24, 2.45) is 0 Å². The van der Waals surface area contributed by atoms with Gasteiger partial charge >= 0.3 is 0 Å². The van der Waals surface area contributed by atoms with Crippen molar-refractivity contribution in [2.75, 3.05) is 13.2 Å². The lowest BCUT2D eigenvalue weighted by atomic mass is 10.1. The lowest BCUT2D eigenvalue weighted by molar-refractivity contribution is 0.102. The summed E-state index contributed by atoms with van der Waals surface area (Å²) < 4.78 is 10.6. The fourth-order valence-electron chi connectivity index (χ4n) is 1.28. The van der Waals surface area contributed by atoms with E-state index in [0.29, 0.717) is 13.2 Å². The van der Waals surface area contributed by atoms with Gasteiger partial charge in [0.15, 0.2) is 6.10 Å². The van der Waals surface area contributed by atoms with Gasteiger partial charge in [0.05, 0.1) is 12.7 Å². The Bertz CT molecular complexity index is 326. The van der Waals surface area contributed by atoms with Crippen molar-refractivity contribution >= 4 is 0 Å². The van der Waals surface area contributed by atoms with Crippen LogP contribution in [-0.2, 0) is 4.74 Å². The number of rotatable bonds is 5. The van der Waals surface area contributed by atoms with Gasteiger partial charge in [0.1, 0.15) is 5.75 Å². The van der Waals surface area contributed by atoms with E-state index >= 15 is 0 Å². The first kappa shape index (κ1) is 11.5. The molecule has 1 rings (SSSR count). The monoisotopic (exact) mass is 205 g/mol. The lowest BCUT2D eigenvalue weighted by Gasteiger charge is -2.10. The van der Waals surface area contributed by atoms with Crippen LogP contribution in [0.15, 0.2) is 24.3 Å². The van der Waals surface area contributed by atoms with Gasteiger partial charge in [0.2, 0.25) is 0 Å². The van der Waals surface area contributed by atoms with Gasteiger partial charge < -0.3 is 9.47 Å². The molecule has 80 valence electrons. The number of nitriles is 1. The highest BCUT2D eigenvalue weighted by atomic mass is 16.5. The maximum Gasteiger partial charge on any atom is 0.169 e. The molecule has 0 bridgehead atoms. The summed E-state index contributed by atoms with van der Waals surface area (Å²) in [6.45, 7) is 4.99. The number of hydrogen-bond donors (Lipinski definition) is 0. The minimum Gasteiger partial charge on any atom is -0.494 e. The van der Waals surface area contributed by atoms with Gasteiger partial charge in [0, 0.05) is 6.61 Å². The molecule has 0 N–H and O–H groups in total. The molecular weight excluding hydrogens is 190 g/mol. The molecule has 0 amide bonds. The number of hydrogen-bond acceptors (Lipinski definition) is 3. The predicted octanol–water partition coefficient (Wildman–Crippen LogP) is 2.69. The third-order valence-corrected chi connectivity index (χ3v) is 1.94. The van der Waals surface area contributed by atoms with Gasteiger partial charge in [-0.1, -0.05) is 12.1 Å². The van der Waals surface area contributed by atoms with E-state index < -0.39 is 6.10 Å². The Hall–Kier alpha value is -1.53. The summed E-state index contributed by atoms with van der Waals surface area (Å²) in [5.41, 5.74) is 0.864. The highest BCUT2D eigenvalue weighted by molar-refractivity contribution is 5.30. The van der Waals surface area contributed by atoms with E-state index in [-0.39, 0.29) is 0 Å². The zero-order chi connectivity index (χ0) is 11.1. The summed E-state index contributed by atoms with van der Waals surface area (Å²) >= 11 is 0. The summed E-state index contributed by atoms with van der Waals surface area (Å²) in [4.78, 5) is 0. The van der Waals surface area contributed by atoms with E-state index in [1.807, 2.05) is 38.1 Å². The molecule has 0 aromatic heterocycles. The van der Waals surface area contributed by atoms with E-state index in [1.165, 1.54) is 0 Å². The van der Waals surface area contributed by atoms with E-state index in [2.05, 4.69) is 6.07 Å². The molecule has 0 aliphatic rings. The molecule has 0 saturated carbocycles. The van der Waals surface area contributed by atoms with Gasteiger partial charge in [-0.15, -0.1) is 0 Å². The molecule has 0 aliphatic heterocycles. The van der Waals surface area contributed by atoms with Crippen LogP contribution in [0.4, 0.5) is 0 Å². The number of ether oxygens (including phenoxy) is 2. The number of benzene rings is 1. The quantitative estimate of drug-likeness (QED) is 0.742. The fraction of sp³-hybridized carbons (Fsp3) is 0.417. The Kier molecular flexibility index (Phi) is 4.65. The molecule has 3 nitrogen and oxygen atoms in total. The average Bonchev–Trinajstić information content (AvgIpc) is 2.28. The van der Waals surface area contributed by atoms with Crippen LogP contribution in [0.5, 0.6) is 5.75 Å². The molecule has 3 heteroatoms. The summed E-state index contributed by atoms with van der Waals surface area (Å²) in [6.07, 6.45) is -0.481. The van der Waals surface area contributed by atoms with E-state index in [4.69, 9.17) is 14.7 Å². The molecule has 0 spiro atoms. The van der Waals surface area contributed by atoms with Crippen LogP contribution in [0.1, 0.15) is 25.5 Å². The summed E-state index contributed by atoms with van der Waals surface area (Å²) in [5.74, 6) is 0.814. The molecule has 0 aliphatic carbocycles.